The zero-order chi connectivity index (χ0) is 15.3. The second kappa shape index (κ2) is 6.72. The van der Waals surface area contributed by atoms with Crippen LogP contribution in [0.5, 0.6) is 0 Å². The van der Waals surface area contributed by atoms with E-state index in [1.54, 1.807) is 36.4 Å². The van der Waals surface area contributed by atoms with E-state index in [9.17, 15) is 12.8 Å². The molecule has 0 aliphatic rings. The van der Waals surface area contributed by atoms with Crippen molar-refractivity contribution in [1.29, 1.82) is 0 Å². The van der Waals surface area contributed by atoms with Gasteiger partial charge in [0.05, 0.1) is 16.3 Å². The second-order valence-electron chi connectivity index (χ2n) is 4.80. The quantitative estimate of drug-likeness (QED) is 0.886. The lowest BCUT2D eigenvalue weighted by molar-refractivity contribution is 0.595. The van der Waals surface area contributed by atoms with E-state index in [0.29, 0.717) is 23.5 Å². The zero-order valence-corrected chi connectivity index (χ0v) is 12.7. The van der Waals surface area contributed by atoms with Gasteiger partial charge in [-0.15, -0.1) is 0 Å². The van der Waals surface area contributed by atoms with E-state index in [2.05, 4.69) is 5.32 Å². The van der Waals surface area contributed by atoms with Crippen molar-refractivity contribution in [2.45, 2.75) is 24.8 Å². The van der Waals surface area contributed by atoms with Crippen LogP contribution in [0.1, 0.15) is 18.9 Å². The molecule has 0 atom stereocenters. The molecule has 0 aromatic heterocycles. The van der Waals surface area contributed by atoms with E-state index in [1.807, 2.05) is 6.92 Å². The number of hydrogen-bond donors (Lipinski definition) is 1. The van der Waals surface area contributed by atoms with Crippen molar-refractivity contribution in [2.75, 3.05) is 11.1 Å². The van der Waals surface area contributed by atoms with Crippen molar-refractivity contribution in [3.8, 4) is 0 Å². The van der Waals surface area contributed by atoms with E-state index in [1.165, 1.54) is 12.1 Å². The first-order valence-corrected chi connectivity index (χ1v) is 8.48. The van der Waals surface area contributed by atoms with Gasteiger partial charge in [-0.1, -0.05) is 31.2 Å². The number of rotatable bonds is 6. The normalized spacial score (nSPS) is 11.3. The van der Waals surface area contributed by atoms with Crippen molar-refractivity contribution in [3.63, 3.8) is 0 Å². The van der Waals surface area contributed by atoms with Crippen LogP contribution in [0.2, 0.25) is 0 Å². The smallest absolute Gasteiger partial charge is 0.180 e. The lowest BCUT2D eigenvalue weighted by atomic mass is 10.2. The van der Waals surface area contributed by atoms with Crippen molar-refractivity contribution >= 4 is 15.5 Å². The summed E-state index contributed by atoms with van der Waals surface area (Å²) in [4.78, 5) is 0.295. The molecule has 1 N–H and O–H groups in total. The Balaban J connectivity index is 2.21. The monoisotopic (exact) mass is 307 g/mol. The molecule has 0 radical (unpaired) electrons. The molecule has 5 heteroatoms. The molecule has 0 heterocycles. The minimum atomic E-state index is -3.29. The molecule has 0 aliphatic carbocycles. The third kappa shape index (κ3) is 4.04. The highest BCUT2D eigenvalue weighted by molar-refractivity contribution is 7.91. The Hall–Kier alpha value is -1.88. The van der Waals surface area contributed by atoms with Crippen LogP contribution in [-0.2, 0) is 16.4 Å². The van der Waals surface area contributed by atoms with E-state index >= 15 is 0 Å². The third-order valence-corrected chi connectivity index (χ3v) is 5.04. The SMILES string of the molecule is CCCS(=O)(=O)c1ccccc1NCc1cccc(F)c1. The van der Waals surface area contributed by atoms with Crippen LogP contribution in [0, 0.1) is 5.82 Å². The van der Waals surface area contributed by atoms with Crippen LogP contribution in [0.25, 0.3) is 0 Å². The summed E-state index contributed by atoms with van der Waals surface area (Å²) in [5.41, 5.74) is 1.31. The zero-order valence-electron chi connectivity index (χ0n) is 11.8. The Morgan fingerprint density at radius 1 is 1.10 bits per heavy atom. The van der Waals surface area contributed by atoms with E-state index < -0.39 is 9.84 Å². The van der Waals surface area contributed by atoms with Gasteiger partial charge in [0.2, 0.25) is 0 Å². The van der Waals surface area contributed by atoms with Crippen LogP contribution in [0.15, 0.2) is 53.4 Å². The molecule has 3 nitrogen and oxygen atoms in total. The maximum absolute atomic E-state index is 13.1. The van der Waals surface area contributed by atoms with Gasteiger partial charge < -0.3 is 5.32 Å². The standard InChI is InChI=1S/C16H18FNO2S/c1-2-10-21(19,20)16-9-4-3-8-15(16)18-12-13-6-5-7-14(17)11-13/h3-9,11,18H,2,10,12H2,1H3. The Kier molecular flexibility index (Phi) is 4.96. The fraction of sp³-hybridized carbons (Fsp3) is 0.250. The highest BCUT2D eigenvalue weighted by atomic mass is 32.2. The molecular weight excluding hydrogens is 289 g/mol. The molecule has 21 heavy (non-hydrogen) atoms. The Morgan fingerprint density at radius 2 is 1.86 bits per heavy atom. The molecule has 0 saturated heterocycles. The van der Waals surface area contributed by atoms with Gasteiger partial charge in [-0.2, -0.15) is 0 Å². The number of anilines is 1. The summed E-state index contributed by atoms with van der Waals surface area (Å²) in [6, 6.07) is 13.0. The summed E-state index contributed by atoms with van der Waals surface area (Å²) in [5, 5.41) is 3.08. The molecule has 0 spiro atoms. The first kappa shape index (κ1) is 15.5. The fourth-order valence-electron chi connectivity index (χ4n) is 2.11. The number of benzene rings is 2. The van der Waals surface area contributed by atoms with Gasteiger partial charge in [0.1, 0.15) is 5.82 Å². The summed E-state index contributed by atoms with van der Waals surface area (Å²) in [6.45, 7) is 2.21. The minimum Gasteiger partial charge on any atom is -0.380 e. The molecule has 112 valence electrons. The predicted octanol–water partition coefficient (Wildman–Crippen LogP) is 3.62. The molecule has 0 bridgehead atoms. The van der Waals surface area contributed by atoms with Crippen LogP contribution in [0.3, 0.4) is 0 Å². The van der Waals surface area contributed by atoms with Gasteiger partial charge >= 0.3 is 0 Å². The van der Waals surface area contributed by atoms with Crippen molar-refractivity contribution in [3.05, 3.63) is 59.9 Å². The van der Waals surface area contributed by atoms with E-state index in [0.717, 1.165) is 5.56 Å². The Morgan fingerprint density at radius 3 is 2.57 bits per heavy atom. The average molecular weight is 307 g/mol. The van der Waals surface area contributed by atoms with Gasteiger partial charge in [-0.25, -0.2) is 12.8 Å². The molecule has 0 unspecified atom stereocenters. The molecule has 0 amide bonds. The third-order valence-electron chi connectivity index (χ3n) is 3.07. The molecule has 0 fully saturated rings. The van der Waals surface area contributed by atoms with Gasteiger partial charge in [0, 0.05) is 6.54 Å². The predicted molar refractivity (Wildman–Crippen MR) is 82.5 cm³/mol. The highest BCUT2D eigenvalue weighted by Crippen LogP contribution is 2.23. The van der Waals surface area contributed by atoms with Gasteiger partial charge in [0.25, 0.3) is 0 Å². The maximum atomic E-state index is 13.1. The Labute approximate surface area is 124 Å². The molecule has 2 rings (SSSR count). The van der Waals surface area contributed by atoms with Crippen LogP contribution >= 0.6 is 0 Å². The molecule has 2 aromatic carbocycles. The molecule has 0 saturated carbocycles. The molecular formula is C16H18FNO2S. The van der Waals surface area contributed by atoms with Gasteiger partial charge in [0.15, 0.2) is 9.84 Å². The lowest BCUT2D eigenvalue weighted by Gasteiger charge is -2.12. The van der Waals surface area contributed by atoms with Crippen molar-refractivity contribution in [2.24, 2.45) is 0 Å². The topological polar surface area (TPSA) is 46.2 Å². The average Bonchev–Trinajstić information content (AvgIpc) is 2.45. The maximum Gasteiger partial charge on any atom is 0.180 e. The second-order valence-corrected chi connectivity index (χ2v) is 6.88. The summed E-state index contributed by atoms with van der Waals surface area (Å²) >= 11 is 0. The van der Waals surface area contributed by atoms with E-state index in [4.69, 9.17) is 0 Å². The number of sulfone groups is 1. The van der Waals surface area contributed by atoms with Gasteiger partial charge in [-0.05, 0) is 36.2 Å². The number of para-hydroxylation sites is 1. The first-order chi connectivity index (χ1) is 10.0. The number of halogens is 1. The number of nitrogens with one attached hydrogen (secondary N) is 1. The molecule has 0 aliphatic heterocycles. The minimum absolute atomic E-state index is 0.117. The summed E-state index contributed by atoms with van der Waals surface area (Å²) in [5.74, 6) is -0.188. The van der Waals surface area contributed by atoms with Gasteiger partial charge in [-0.3, -0.25) is 0 Å². The largest absolute Gasteiger partial charge is 0.380 e. The van der Waals surface area contributed by atoms with Crippen LogP contribution < -0.4 is 5.32 Å². The number of hydrogen-bond acceptors (Lipinski definition) is 3. The fourth-order valence-corrected chi connectivity index (χ4v) is 3.63. The first-order valence-electron chi connectivity index (χ1n) is 6.83. The summed E-state index contributed by atoms with van der Waals surface area (Å²) in [7, 11) is -3.29. The van der Waals surface area contributed by atoms with Crippen LogP contribution in [-0.4, -0.2) is 14.2 Å². The molecule has 2 aromatic rings. The Bertz CT molecular complexity index is 714. The lowest BCUT2D eigenvalue weighted by Crippen LogP contribution is -2.10. The van der Waals surface area contributed by atoms with Crippen molar-refractivity contribution < 1.29 is 12.8 Å². The van der Waals surface area contributed by atoms with E-state index in [-0.39, 0.29) is 11.6 Å². The summed E-state index contributed by atoms with van der Waals surface area (Å²) < 4.78 is 37.6. The van der Waals surface area contributed by atoms with Crippen molar-refractivity contribution in [1.82, 2.24) is 0 Å². The van der Waals surface area contributed by atoms with Crippen LogP contribution in [0.4, 0.5) is 10.1 Å². The summed E-state index contributed by atoms with van der Waals surface area (Å²) in [6.07, 6.45) is 0.570. The highest BCUT2D eigenvalue weighted by Gasteiger charge is 2.17.